The fourth-order valence-electron chi connectivity index (χ4n) is 3.92. The molecule has 0 bridgehead atoms. The zero-order valence-electron chi connectivity index (χ0n) is 14.4. The van der Waals surface area contributed by atoms with Gasteiger partial charge in [-0.15, -0.1) is 0 Å². The average molecular weight is 422 g/mol. The van der Waals surface area contributed by atoms with Gasteiger partial charge in [-0.1, -0.05) is 52.3 Å². The first kappa shape index (κ1) is 16.5. The Kier molecular flexibility index (Phi) is 3.97. The third kappa shape index (κ3) is 2.92. The summed E-state index contributed by atoms with van der Waals surface area (Å²) in [6.45, 7) is 0. The highest BCUT2D eigenvalue weighted by Gasteiger charge is 2.31. The van der Waals surface area contributed by atoms with Crippen LogP contribution >= 0.6 is 15.9 Å². The molecule has 0 saturated heterocycles. The van der Waals surface area contributed by atoms with E-state index in [9.17, 15) is 4.39 Å². The molecule has 1 N–H and O–H groups in total. The molecule has 0 spiro atoms. The summed E-state index contributed by atoms with van der Waals surface area (Å²) in [6.07, 6.45) is 0.857. The number of anilines is 1. The lowest BCUT2D eigenvalue weighted by Crippen LogP contribution is -2.27. The van der Waals surface area contributed by atoms with E-state index in [-0.39, 0.29) is 17.9 Å². The van der Waals surface area contributed by atoms with Crippen LogP contribution in [0.5, 0.6) is 0 Å². The molecule has 0 saturated carbocycles. The minimum Gasteiger partial charge on any atom is -0.349 e. The summed E-state index contributed by atoms with van der Waals surface area (Å²) in [5.74, 6) is 0.632. The smallest absolute Gasteiger partial charge is 0.204 e. The Morgan fingerprint density at radius 1 is 0.963 bits per heavy atom. The van der Waals surface area contributed by atoms with Gasteiger partial charge in [-0.05, 0) is 53.9 Å². The third-order valence-electron chi connectivity index (χ3n) is 5.18. The van der Waals surface area contributed by atoms with E-state index in [4.69, 9.17) is 4.98 Å². The van der Waals surface area contributed by atoms with Crippen LogP contribution in [0.1, 0.15) is 29.6 Å². The molecular weight excluding hydrogens is 405 g/mol. The first-order chi connectivity index (χ1) is 13.2. The lowest BCUT2D eigenvalue weighted by atomic mass is 9.93. The summed E-state index contributed by atoms with van der Waals surface area (Å²) in [4.78, 5) is 4.81. The highest BCUT2D eigenvalue weighted by Crippen LogP contribution is 2.41. The lowest BCUT2D eigenvalue weighted by molar-refractivity contribution is 0.477. The minimum atomic E-state index is -0.217. The lowest BCUT2D eigenvalue weighted by Gasteiger charge is -2.33. The average Bonchev–Trinajstić information content (AvgIpc) is 3.06. The molecule has 0 aliphatic carbocycles. The van der Waals surface area contributed by atoms with Gasteiger partial charge in [0.1, 0.15) is 5.82 Å². The Labute approximate surface area is 165 Å². The summed E-state index contributed by atoms with van der Waals surface area (Å²) in [5, 5.41) is 3.55. The van der Waals surface area contributed by atoms with Crippen molar-refractivity contribution in [3.05, 3.63) is 94.2 Å². The molecule has 134 valence electrons. The van der Waals surface area contributed by atoms with E-state index in [2.05, 4.69) is 50.1 Å². The first-order valence-electron chi connectivity index (χ1n) is 8.93. The fraction of sp³-hybridized carbons (Fsp3) is 0.136. The molecule has 3 aromatic carbocycles. The van der Waals surface area contributed by atoms with Crippen molar-refractivity contribution in [1.29, 1.82) is 0 Å². The number of rotatable bonds is 2. The van der Waals surface area contributed by atoms with Crippen molar-refractivity contribution in [2.45, 2.75) is 18.5 Å². The van der Waals surface area contributed by atoms with Gasteiger partial charge in [-0.2, -0.15) is 0 Å². The Hall–Kier alpha value is -2.66. The van der Waals surface area contributed by atoms with E-state index in [1.54, 1.807) is 0 Å². The molecule has 0 radical (unpaired) electrons. The van der Waals surface area contributed by atoms with Gasteiger partial charge >= 0.3 is 0 Å². The van der Waals surface area contributed by atoms with Gasteiger partial charge in [0.15, 0.2) is 0 Å². The number of benzene rings is 3. The number of nitrogens with one attached hydrogen (secondary N) is 1. The molecule has 5 heteroatoms. The van der Waals surface area contributed by atoms with Crippen LogP contribution in [-0.4, -0.2) is 9.55 Å². The first-order valence-corrected chi connectivity index (χ1v) is 9.73. The van der Waals surface area contributed by atoms with E-state index in [1.807, 2.05) is 36.4 Å². The van der Waals surface area contributed by atoms with Crippen LogP contribution in [0, 0.1) is 5.82 Å². The topological polar surface area (TPSA) is 29.9 Å². The van der Waals surface area contributed by atoms with E-state index in [0.29, 0.717) is 0 Å². The second-order valence-corrected chi connectivity index (χ2v) is 7.76. The second-order valence-electron chi connectivity index (χ2n) is 6.85. The van der Waals surface area contributed by atoms with Gasteiger partial charge in [0.25, 0.3) is 0 Å². The summed E-state index contributed by atoms with van der Waals surface area (Å²) >= 11 is 3.60. The number of hydrogen-bond acceptors (Lipinski definition) is 2. The van der Waals surface area contributed by atoms with Crippen LogP contribution < -0.4 is 5.32 Å². The van der Waals surface area contributed by atoms with Gasteiger partial charge in [0.05, 0.1) is 23.1 Å². The maximum Gasteiger partial charge on any atom is 0.204 e. The van der Waals surface area contributed by atoms with Crippen molar-refractivity contribution >= 4 is 32.9 Å². The van der Waals surface area contributed by atoms with Gasteiger partial charge < -0.3 is 9.88 Å². The third-order valence-corrected chi connectivity index (χ3v) is 5.67. The minimum absolute atomic E-state index is 0.0684. The van der Waals surface area contributed by atoms with Crippen molar-refractivity contribution in [2.24, 2.45) is 0 Å². The highest BCUT2D eigenvalue weighted by atomic mass is 79.9. The van der Waals surface area contributed by atoms with E-state index >= 15 is 0 Å². The summed E-state index contributed by atoms with van der Waals surface area (Å²) in [6, 6.07) is 23.6. The Morgan fingerprint density at radius 2 is 1.78 bits per heavy atom. The Balaban J connectivity index is 1.67. The Morgan fingerprint density at radius 3 is 2.59 bits per heavy atom. The zero-order valence-corrected chi connectivity index (χ0v) is 16.0. The molecule has 1 aromatic heterocycles. The standard InChI is InChI=1S/C22H17BrFN3/c23-16-5-3-4-15(12-16)21-13-19(14-8-10-17(24)11-9-14)26-22-25-18-6-1-2-7-20(18)27(21)22/h1-12,19,21H,13H2,(H,25,26)/t19-,21+/m0/s1. The van der Waals surface area contributed by atoms with Crippen LogP contribution in [0.3, 0.4) is 0 Å². The van der Waals surface area contributed by atoms with Crippen LogP contribution in [0.4, 0.5) is 10.3 Å². The van der Waals surface area contributed by atoms with Crippen molar-refractivity contribution < 1.29 is 4.39 Å². The molecular formula is C22H17BrFN3. The number of para-hydroxylation sites is 2. The maximum atomic E-state index is 13.4. The summed E-state index contributed by atoms with van der Waals surface area (Å²) in [7, 11) is 0. The predicted molar refractivity (Wildman–Crippen MR) is 109 cm³/mol. The van der Waals surface area contributed by atoms with Crippen LogP contribution in [0.2, 0.25) is 0 Å². The Bertz CT molecular complexity index is 1120. The molecule has 1 aliphatic rings. The number of hydrogen-bond donors (Lipinski definition) is 1. The van der Waals surface area contributed by atoms with Crippen LogP contribution in [0.15, 0.2) is 77.3 Å². The number of aromatic nitrogens is 2. The van der Waals surface area contributed by atoms with Gasteiger partial charge in [-0.25, -0.2) is 9.37 Å². The van der Waals surface area contributed by atoms with Crippen LogP contribution in [-0.2, 0) is 0 Å². The largest absolute Gasteiger partial charge is 0.349 e. The second kappa shape index (κ2) is 6.50. The van der Waals surface area contributed by atoms with Gasteiger partial charge in [0, 0.05) is 4.47 Å². The van der Waals surface area contributed by atoms with E-state index in [0.717, 1.165) is 33.4 Å². The van der Waals surface area contributed by atoms with Crippen LogP contribution in [0.25, 0.3) is 11.0 Å². The predicted octanol–water partition coefficient (Wildman–Crippen LogP) is 6.08. The van der Waals surface area contributed by atoms with E-state index < -0.39 is 0 Å². The quantitative estimate of drug-likeness (QED) is 0.424. The molecule has 0 fully saturated rings. The number of imidazole rings is 1. The molecule has 0 amide bonds. The molecule has 1 aliphatic heterocycles. The molecule has 0 unspecified atom stereocenters. The molecule has 27 heavy (non-hydrogen) atoms. The number of nitrogens with zero attached hydrogens (tertiary/aromatic N) is 2. The van der Waals surface area contributed by atoms with E-state index in [1.165, 1.54) is 17.7 Å². The summed E-state index contributed by atoms with van der Waals surface area (Å²) < 4.78 is 16.7. The maximum absolute atomic E-state index is 13.4. The van der Waals surface area contributed by atoms with Crippen molar-refractivity contribution in [1.82, 2.24) is 9.55 Å². The molecule has 4 aromatic rings. The zero-order chi connectivity index (χ0) is 18.4. The SMILES string of the molecule is Fc1ccc([C@@H]2C[C@H](c3cccc(Br)c3)n3c(nc4ccccc43)N2)cc1. The fourth-order valence-corrected chi connectivity index (χ4v) is 4.34. The monoisotopic (exact) mass is 421 g/mol. The van der Waals surface area contributed by atoms with Gasteiger partial charge in [-0.3, -0.25) is 0 Å². The van der Waals surface area contributed by atoms with Gasteiger partial charge in [0.2, 0.25) is 5.95 Å². The number of fused-ring (bicyclic) bond motifs is 3. The molecule has 2 heterocycles. The molecule has 3 nitrogen and oxygen atoms in total. The van der Waals surface area contributed by atoms with Crippen molar-refractivity contribution in [3.63, 3.8) is 0 Å². The van der Waals surface area contributed by atoms with Crippen molar-refractivity contribution in [3.8, 4) is 0 Å². The molecule has 2 atom stereocenters. The number of halogens is 2. The normalized spacial score (nSPS) is 18.9. The van der Waals surface area contributed by atoms with Crippen molar-refractivity contribution in [2.75, 3.05) is 5.32 Å². The molecule has 5 rings (SSSR count). The highest BCUT2D eigenvalue weighted by molar-refractivity contribution is 9.10. The summed E-state index contributed by atoms with van der Waals surface area (Å²) in [5.41, 5.74) is 4.37.